The van der Waals surface area contributed by atoms with Gasteiger partial charge in [0.15, 0.2) is 0 Å². The first-order chi connectivity index (χ1) is 16.1. The van der Waals surface area contributed by atoms with Crippen LogP contribution in [0.3, 0.4) is 0 Å². The summed E-state index contributed by atoms with van der Waals surface area (Å²) < 4.78 is 0. The second kappa shape index (κ2) is 9.16. The summed E-state index contributed by atoms with van der Waals surface area (Å²) >= 11 is 6.52. The topological polar surface area (TPSA) is 95.8 Å². The molecule has 1 saturated carbocycles. The molecular weight excluding hydrogens is 434 g/mol. The van der Waals surface area contributed by atoms with Crippen molar-refractivity contribution in [3.05, 3.63) is 77.6 Å². The molecule has 0 radical (unpaired) electrons. The third-order valence-electron chi connectivity index (χ3n) is 6.27. The van der Waals surface area contributed by atoms with E-state index in [1.165, 1.54) is 0 Å². The summed E-state index contributed by atoms with van der Waals surface area (Å²) in [5.41, 5.74) is 10.1. The van der Waals surface area contributed by atoms with Gasteiger partial charge in [0.1, 0.15) is 5.82 Å². The molecule has 2 heterocycles. The molecule has 168 valence electrons. The lowest BCUT2D eigenvalue weighted by Gasteiger charge is -2.30. The minimum absolute atomic E-state index is 0.0631. The minimum Gasteiger partial charge on any atom is -0.399 e. The van der Waals surface area contributed by atoms with Crippen molar-refractivity contribution in [2.45, 2.75) is 37.8 Å². The van der Waals surface area contributed by atoms with Gasteiger partial charge in [-0.05, 0) is 62.1 Å². The summed E-state index contributed by atoms with van der Waals surface area (Å²) in [6.45, 7) is 0. The summed E-state index contributed by atoms with van der Waals surface area (Å²) in [4.78, 5) is 20.4. The molecule has 2 aromatic carbocycles. The fraction of sp³-hybridized carbons (Fsp3) is 0.231. The van der Waals surface area contributed by atoms with Crippen molar-refractivity contribution >= 4 is 39.9 Å². The van der Waals surface area contributed by atoms with Crippen LogP contribution in [0.2, 0.25) is 5.02 Å². The molecule has 0 bridgehead atoms. The van der Waals surface area contributed by atoms with E-state index in [4.69, 9.17) is 17.3 Å². The van der Waals surface area contributed by atoms with Crippen LogP contribution in [0.15, 0.2) is 67.0 Å². The maximum Gasteiger partial charge on any atom is 0.251 e. The van der Waals surface area contributed by atoms with Gasteiger partial charge >= 0.3 is 0 Å². The average Bonchev–Trinajstić information content (AvgIpc) is 3.25. The first-order valence-electron chi connectivity index (χ1n) is 11.2. The average molecular weight is 460 g/mol. The van der Waals surface area contributed by atoms with E-state index >= 15 is 0 Å². The molecule has 7 heteroatoms. The van der Waals surface area contributed by atoms with E-state index in [1.54, 1.807) is 30.5 Å². The number of amides is 1. The lowest BCUT2D eigenvalue weighted by atomic mass is 9.90. The molecule has 1 amide bonds. The fourth-order valence-electron chi connectivity index (χ4n) is 4.58. The Kier molecular flexibility index (Phi) is 5.92. The molecule has 2 aromatic heterocycles. The predicted octanol–water partition coefficient (Wildman–Crippen LogP) is 5.62. The summed E-state index contributed by atoms with van der Waals surface area (Å²) in [7, 11) is 0. The Labute approximate surface area is 197 Å². The Morgan fingerprint density at radius 1 is 1.06 bits per heavy atom. The molecule has 0 saturated heterocycles. The van der Waals surface area contributed by atoms with Crippen LogP contribution in [0.1, 0.15) is 36.0 Å². The van der Waals surface area contributed by atoms with E-state index in [9.17, 15) is 4.79 Å². The van der Waals surface area contributed by atoms with Crippen LogP contribution >= 0.6 is 11.6 Å². The second-order valence-electron chi connectivity index (χ2n) is 8.60. The zero-order valence-corrected chi connectivity index (χ0v) is 18.9. The van der Waals surface area contributed by atoms with Crippen LogP contribution in [0.4, 0.5) is 11.5 Å². The number of anilines is 2. The van der Waals surface area contributed by atoms with E-state index in [1.807, 2.05) is 30.5 Å². The molecule has 2 atom stereocenters. The van der Waals surface area contributed by atoms with Crippen LogP contribution in [-0.2, 0) is 0 Å². The minimum atomic E-state index is -0.0631. The summed E-state index contributed by atoms with van der Waals surface area (Å²) in [6.07, 6.45) is 7.55. The number of hydrogen-bond donors (Lipinski definition) is 4. The van der Waals surface area contributed by atoms with Crippen molar-refractivity contribution in [3.8, 4) is 11.1 Å². The standard InChI is InChI=1S/C26H26ClN5O/c27-23-15-30-25(13-21(23)22-14-29-24-7-2-1-6-20(22)24)31-18-4-3-5-19(12-18)32-26(33)16-8-10-17(28)11-9-16/h1-2,6-11,13-15,18-19,29H,3-5,12,28H2,(H,30,31)(H,32,33)/t18-,19+/m1/s1. The van der Waals surface area contributed by atoms with Gasteiger partial charge in [-0.15, -0.1) is 0 Å². The lowest BCUT2D eigenvalue weighted by Crippen LogP contribution is -2.41. The normalized spacial score (nSPS) is 18.2. The largest absolute Gasteiger partial charge is 0.399 e. The maximum absolute atomic E-state index is 12.6. The summed E-state index contributed by atoms with van der Waals surface area (Å²) in [5, 5.41) is 8.47. The molecule has 0 spiro atoms. The number of aromatic amines is 1. The number of nitrogens with zero attached hydrogens (tertiary/aromatic N) is 1. The number of aromatic nitrogens is 2. The number of nitrogens with one attached hydrogen (secondary N) is 3. The highest BCUT2D eigenvalue weighted by molar-refractivity contribution is 6.33. The SMILES string of the molecule is Nc1ccc(C(=O)N[C@H]2CCC[C@@H](Nc3cc(-c4c[nH]c5ccccc45)c(Cl)cn3)C2)cc1. The van der Waals surface area contributed by atoms with E-state index in [2.05, 4.69) is 26.7 Å². The Hall–Kier alpha value is -3.51. The second-order valence-corrected chi connectivity index (χ2v) is 9.00. The van der Waals surface area contributed by atoms with Crippen molar-refractivity contribution in [2.75, 3.05) is 11.1 Å². The molecular formula is C26H26ClN5O. The highest BCUT2D eigenvalue weighted by Gasteiger charge is 2.24. The van der Waals surface area contributed by atoms with Gasteiger partial charge in [0.2, 0.25) is 0 Å². The number of carbonyl (C=O) groups is 1. The van der Waals surface area contributed by atoms with Crippen LogP contribution in [0.5, 0.6) is 0 Å². The molecule has 4 aromatic rings. The predicted molar refractivity (Wildman–Crippen MR) is 135 cm³/mol. The Balaban J connectivity index is 1.29. The van der Waals surface area contributed by atoms with E-state index in [0.29, 0.717) is 16.3 Å². The van der Waals surface area contributed by atoms with Gasteiger partial charge in [0, 0.05) is 57.8 Å². The van der Waals surface area contributed by atoms with Gasteiger partial charge in [-0.1, -0.05) is 29.8 Å². The van der Waals surface area contributed by atoms with Crippen molar-refractivity contribution in [1.82, 2.24) is 15.3 Å². The molecule has 33 heavy (non-hydrogen) atoms. The highest BCUT2D eigenvalue weighted by Crippen LogP contribution is 2.35. The lowest BCUT2D eigenvalue weighted by molar-refractivity contribution is 0.0926. The number of rotatable bonds is 5. The maximum atomic E-state index is 12.6. The highest BCUT2D eigenvalue weighted by atomic mass is 35.5. The zero-order chi connectivity index (χ0) is 22.8. The molecule has 1 aliphatic carbocycles. The zero-order valence-electron chi connectivity index (χ0n) is 18.1. The number of para-hydroxylation sites is 1. The number of nitrogens with two attached hydrogens (primary N) is 1. The Bertz CT molecular complexity index is 1280. The number of carbonyl (C=O) groups excluding carboxylic acids is 1. The van der Waals surface area contributed by atoms with Crippen LogP contribution < -0.4 is 16.4 Å². The van der Waals surface area contributed by atoms with Gasteiger partial charge in [-0.25, -0.2) is 4.98 Å². The quantitative estimate of drug-likeness (QED) is 0.291. The number of nitrogen functional groups attached to an aromatic ring is 1. The number of halogens is 1. The molecule has 5 N–H and O–H groups in total. The number of hydrogen-bond acceptors (Lipinski definition) is 4. The van der Waals surface area contributed by atoms with Crippen molar-refractivity contribution in [1.29, 1.82) is 0 Å². The van der Waals surface area contributed by atoms with Crippen molar-refractivity contribution < 1.29 is 4.79 Å². The number of benzene rings is 2. The van der Waals surface area contributed by atoms with Crippen LogP contribution in [0, 0.1) is 0 Å². The number of pyridine rings is 1. The monoisotopic (exact) mass is 459 g/mol. The molecule has 6 nitrogen and oxygen atoms in total. The van der Waals surface area contributed by atoms with Crippen molar-refractivity contribution in [3.63, 3.8) is 0 Å². The van der Waals surface area contributed by atoms with Crippen LogP contribution in [0.25, 0.3) is 22.0 Å². The fourth-order valence-corrected chi connectivity index (χ4v) is 4.79. The van der Waals surface area contributed by atoms with E-state index < -0.39 is 0 Å². The third-order valence-corrected chi connectivity index (χ3v) is 6.57. The number of fused-ring (bicyclic) bond motifs is 1. The Morgan fingerprint density at radius 2 is 1.85 bits per heavy atom. The molecule has 5 rings (SSSR count). The van der Waals surface area contributed by atoms with Gasteiger partial charge in [0.25, 0.3) is 5.91 Å². The van der Waals surface area contributed by atoms with Gasteiger partial charge in [-0.3, -0.25) is 4.79 Å². The summed E-state index contributed by atoms with van der Waals surface area (Å²) in [6, 6.07) is 17.5. The third kappa shape index (κ3) is 4.66. The molecule has 1 aliphatic rings. The first-order valence-corrected chi connectivity index (χ1v) is 11.6. The van der Waals surface area contributed by atoms with Crippen molar-refractivity contribution in [2.24, 2.45) is 0 Å². The van der Waals surface area contributed by atoms with E-state index in [0.717, 1.165) is 53.5 Å². The smallest absolute Gasteiger partial charge is 0.251 e. The van der Waals surface area contributed by atoms with Gasteiger partial charge < -0.3 is 21.4 Å². The van der Waals surface area contributed by atoms with Gasteiger partial charge in [-0.2, -0.15) is 0 Å². The van der Waals surface area contributed by atoms with Crippen LogP contribution in [-0.4, -0.2) is 28.0 Å². The number of H-pyrrole nitrogens is 1. The first kappa shape index (κ1) is 21.3. The Morgan fingerprint density at radius 3 is 2.70 bits per heavy atom. The molecule has 0 aliphatic heterocycles. The summed E-state index contributed by atoms with van der Waals surface area (Å²) in [5.74, 6) is 0.724. The van der Waals surface area contributed by atoms with E-state index in [-0.39, 0.29) is 18.0 Å². The molecule has 1 fully saturated rings. The molecule has 0 unspecified atom stereocenters. The van der Waals surface area contributed by atoms with Gasteiger partial charge in [0.05, 0.1) is 5.02 Å².